The van der Waals surface area contributed by atoms with Crippen molar-refractivity contribution >= 4 is 11.9 Å². The highest BCUT2D eigenvalue weighted by molar-refractivity contribution is 5.84. The van der Waals surface area contributed by atoms with Crippen molar-refractivity contribution in [1.82, 2.24) is 4.90 Å². The summed E-state index contributed by atoms with van der Waals surface area (Å²) in [7, 11) is 0. The van der Waals surface area contributed by atoms with Crippen molar-refractivity contribution in [2.75, 3.05) is 13.1 Å². The summed E-state index contributed by atoms with van der Waals surface area (Å²) in [5.41, 5.74) is -0.490. The quantitative estimate of drug-likeness (QED) is 0.279. The van der Waals surface area contributed by atoms with E-state index in [1.54, 1.807) is 0 Å². The molecule has 4 heteroatoms. The van der Waals surface area contributed by atoms with Crippen molar-refractivity contribution < 1.29 is 14.3 Å². The van der Waals surface area contributed by atoms with Gasteiger partial charge in [0.1, 0.15) is 5.60 Å². The van der Waals surface area contributed by atoms with E-state index >= 15 is 0 Å². The van der Waals surface area contributed by atoms with E-state index in [0.717, 1.165) is 25.9 Å². The Hall–Kier alpha value is -1.06. The highest BCUT2D eigenvalue weighted by atomic mass is 16.6. The summed E-state index contributed by atoms with van der Waals surface area (Å²) in [6, 6.07) is 0. The van der Waals surface area contributed by atoms with Gasteiger partial charge in [0.2, 0.25) is 5.91 Å². The summed E-state index contributed by atoms with van der Waals surface area (Å²) < 4.78 is 5.42. The van der Waals surface area contributed by atoms with Crippen LogP contribution in [0.2, 0.25) is 0 Å². The monoisotopic (exact) mass is 395 g/mol. The predicted molar refractivity (Wildman–Crippen MR) is 116 cm³/mol. The fourth-order valence-electron chi connectivity index (χ4n) is 4.13. The van der Waals surface area contributed by atoms with Crippen LogP contribution in [0.15, 0.2) is 0 Å². The van der Waals surface area contributed by atoms with Gasteiger partial charge in [0.05, 0.1) is 6.42 Å². The Morgan fingerprint density at radius 3 is 2.07 bits per heavy atom. The number of carbonyl (C=O) groups is 2. The van der Waals surface area contributed by atoms with Gasteiger partial charge in [-0.15, -0.1) is 0 Å². The molecule has 1 aliphatic rings. The minimum Gasteiger partial charge on any atom is -0.460 e. The highest BCUT2D eigenvalue weighted by Crippen LogP contribution is 2.27. The predicted octanol–water partition coefficient (Wildman–Crippen LogP) is 6.12. The van der Waals surface area contributed by atoms with Crippen LogP contribution < -0.4 is 0 Å². The molecule has 0 bridgehead atoms. The van der Waals surface area contributed by atoms with E-state index in [2.05, 4.69) is 13.8 Å². The number of amides is 1. The van der Waals surface area contributed by atoms with Crippen LogP contribution in [0.4, 0.5) is 0 Å². The average Bonchev–Trinajstić information content (AvgIpc) is 2.58. The molecule has 4 nitrogen and oxygen atoms in total. The van der Waals surface area contributed by atoms with Crippen LogP contribution in [-0.2, 0) is 14.3 Å². The molecule has 0 aliphatic carbocycles. The zero-order valence-electron chi connectivity index (χ0n) is 19.2. The van der Waals surface area contributed by atoms with Gasteiger partial charge in [-0.25, -0.2) is 0 Å². The fraction of sp³-hybridized carbons (Fsp3) is 0.917. The zero-order valence-corrected chi connectivity index (χ0v) is 19.2. The molecular formula is C24H45NO3. The summed E-state index contributed by atoms with van der Waals surface area (Å²) in [5, 5.41) is 0. The molecule has 0 N–H and O–H groups in total. The molecule has 1 heterocycles. The largest absolute Gasteiger partial charge is 0.460 e. The summed E-state index contributed by atoms with van der Waals surface area (Å²) >= 11 is 0. The molecule has 1 amide bonds. The first kappa shape index (κ1) is 25.0. The number of carbonyl (C=O) groups excluding carboxylic acids is 2. The zero-order chi connectivity index (χ0) is 21.0. The van der Waals surface area contributed by atoms with Gasteiger partial charge in [0.15, 0.2) is 0 Å². The van der Waals surface area contributed by atoms with Crippen LogP contribution >= 0.6 is 0 Å². The molecule has 1 fully saturated rings. The number of nitrogens with zero attached hydrogens (tertiary/aromatic N) is 1. The first-order valence-corrected chi connectivity index (χ1v) is 11.7. The van der Waals surface area contributed by atoms with Gasteiger partial charge in [-0.1, -0.05) is 71.6 Å². The first-order chi connectivity index (χ1) is 13.2. The Bertz CT molecular complexity index is 455. The molecule has 164 valence electrons. The van der Waals surface area contributed by atoms with Gasteiger partial charge in [-0.05, 0) is 39.5 Å². The van der Waals surface area contributed by atoms with Gasteiger partial charge in [-0.3, -0.25) is 9.59 Å². The van der Waals surface area contributed by atoms with E-state index in [9.17, 15) is 9.59 Å². The van der Waals surface area contributed by atoms with E-state index in [0.29, 0.717) is 5.92 Å². The lowest BCUT2D eigenvalue weighted by atomic mass is 9.87. The number of unbranched alkanes of at least 4 members (excludes halogenated alkanes) is 9. The second-order valence-electron chi connectivity index (χ2n) is 9.79. The van der Waals surface area contributed by atoms with E-state index < -0.39 is 5.60 Å². The van der Waals surface area contributed by atoms with Gasteiger partial charge in [0.25, 0.3) is 0 Å². The van der Waals surface area contributed by atoms with Crippen molar-refractivity contribution in [1.29, 1.82) is 0 Å². The molecule has 0 aromatic carbocycles. The van der Waals surface area contributed by atoms with Crippen molar-refractivity contribution in [2.24, 2.45) is 11.8 Å². The van der Waals surface area contributed by atoms with Crippen LogP contribution in [-0.4, -0.2) is 35.5 Å². The van der Waals surface area contributed by atoms with Crippen LogP contribution in [0.3, 0.4) is 0 Å². The number of hydrogen-bond acceptors (Lipinski definition) is 3. The third kappa shape index (κ3) is 11.1. The average molecular weight is 396 g/mol. The fourth-order valence-corrected chi connectivity index (χ4v) is 4.13. The lowest BCUT2D eigenvalue weighted by molar-refractivity contribution is -0.160. The number of piperidine rings is 1. The van der Waals surface area contributed by atoms with Crippen LogP contribution in [0.5, 0.6) is 0 Å². The standard InChI is InChI=1S/C24H45NO3/c1-6-7-8-9-10-11-12-13-14-15-16-25-19-20(2)17-21(23(25)27)18-22(26)28-24(3,4)5/h20-21H,6-19H2,1-5H3/t20?,21-/m1/s1. The molecular weight excluding hydrogens is 350 g/mol. The van der Waals surface area contributed by atoms with Gasteiger partial charge in [-0.2, -0.15) is 0 Å². The van der Waals surface area contributed by atoms with Crippen molar-refractivity contribution in [2.45, 2.75) is 117 Å². The van der Waals surface area contributed by atoms with E-state index in [-0.39, 0.29) is 24.2 Å². The Morgan fingerprint density at radius 1 is 1.00 bits per heavy atom. The molecule has 2 atom stereocenters. The summed E-state index contributed by atoms with van der Waals surface area (Å²) in [4.78, 5) is 26.9. The summed E-state index contributed by atoms with van der Waals surface area (Å²) in [6.07, 6.45) is 14.0. The Labute approximate surface area is 173 Å². The maximum absolute atomic E-state index is 12.8. The summed E-state index contributed by atoms with van der Waals surface area (Å²) in [5.74, 6) is 0.147. The SMILES string of the molecule is CCCCCCCCCCCCN1CC(C)C[C@H](CC(=O)OC(C)(C)C)C1=O. The number of hydrogen-bond donors (Lipinski definition) is 0. The third-order valence-corrected chi connectivity index (χ3v) is 5.49. The Kier molecular flexibility index (Phi) is 11.8. The topological polar surface area (TPSA) is 46.6 Å². The van der Waals surface area contributed by atoms with E-state index in [1.807, 2.05) is 25.7 Å². The number of esters is 1. The Balaban J connectivity index is 2.24. The molecule has 1 rings (SSSR count). The number of likely N-dealkylation sites (tertiary alicyclic amines) is 1. The molecule has 1 aliphatic heterocycles. The molecule has 1 saturated heterocycles. The van der Waals surface area contributed by atoms with Crippen molar-refractivity contribution in [3.63, 3.8) is 0 Å². The Morgan fingerprint density at radius 2 is 1.54 bits per heavy atom. The molecule has 0 spiro atoms. The number of rotatable bonds is 13. The normalized spacial score (nSPS) is 20.5. The minimum absolute atomic E-state index is 0.153. The van der Waals surface area contributed by atoms with Crippen LogP contribution in [0, 0.1) is 11.8 Å². The lowest BCUT2D eigenvalue weighted by Crippen LogP contribution is -2.46. The molecule has 0 saturated carbocycles. The molecule has 0 radical (unpaired) electrons. The maximum atomic E-state index is 12.8. The van der Waals surface area contributed by atoms with Gasteiger partial charge in [0, 0.05) is 19.0 Å². The molecule has 1 unspecified atom stereocenters. The smallest absolute Gasteiger partial charge is 0.307 e. The van der Waals surface area contributed by atoms with E-state index in [1.165, 1.54) is 57.8 Å². The van der Waals surface area contributed by atoms with Gasteiger partial charge >= 0.3 is 5.97 Å². The third-order valence-electron chi connectivity index (χ3n) is 5.49. The van der Waals surface area contributed by atoms with Crippen LogP contribution in [0.1, 0.15) is 112 Å². The highest BCUT2D eigenvalue weighted by Gasteiger charge is 2.34. The lowest BCUT2D eigenvalue weighted by Gasteiger charge is -2.36. The minimum atomic E-state index is -0.490. The van der Waals surface area contributed by atoms with Crippen molar-refractivity contribution in [3.05, 3.63) is 0 Å². The summed E-state index contributed by atoms with van der Waals surface area (Å²) in [6.45, 7) is 11.7. The number of ether oxygens (including phenoxy) is 1. The first-order valence-electron chi connectivity index (χ1n) is 11.7. The second kappa shape index (κ2) is 13.2. The molecule has 0 aromatic rings. The molecule has 28 heavy (non-hydrogen) atoms. The van der Waals surface area contributed by atoms with Crippen LogP contribution in [0.25, 0.3) is 0 Å². The molecule has 0 aromatic heterocycles. The van der Waals surface area contributed by atoms with Crippen molar-refractivity contribution in [3.8, 4) is 0 Å². The maximum Gasteiger partial charge on any atom is 0.307 e. The van der Waals surface area contributed by atoms with E-state index in [4.69, 9.17) is 4.74 Å². The van der Waals surface area contributed by atoms with Gasteiger partial charge < -0.3 is 9.64 Å². The second-order valence-corrected chi connectivity index (χ2v) is 9.79.